The Morgan fingerprint density at radius 2 is 1.81 bits per heavy atom. The summed E-state index contributed by atoms with van der Waals surface area (Å²) in [7, 11) is 0. The first-order valence-corrected chi connectivity index (χ1v) is 10.6. The quantitative estimate of drug-likeness (QED) is 0.643. The van der Waals surface area contributed by atoms with E-state index >= 15 is 0 Å². The van der Waals surface area contributed by atoms with E-state index in [9.17, 15) is 14.4 Å². The van der Waals surface area contributed by atoms with Gasteiger partial charge in [-0.25, -0.2) is 9.48 Å². The first kappa shape index (κ1) is 20.0. The van der Waals surface area contributed by atoms with Crippen LogP contribution in [0.15, 0.2) is 54.6 Å². The molecule has 0 saturated carbocycles. The van der Waals surface area contributed by atoms with Crippen LogP contribution in [0, 0.1) is 0 Å². The summed E-state index contributed by atoms with van der Waals surface area (Å²) in [6.07, 6.45) is 1.45. The number of rotatable bonds is 4. The van der Waals surface area contributed by atoms with Crippen LogP contribution in [0.5, 0.6) is 0 Å². The van der Waals surface area contributed by atoms with E-state index in [4.69, 9.17) is 4.74 Å². The normalized spacial score (nSPS) is 15.5. The maximum atomic E-state index is 13.1. The number of hydrogen-bond acceptors (Lipinski definition) is 5. The van der Waals surface area contributed by atoms with Crippen LogP contribution in [0.1, 0.15) is 35.1 Å². The SMILES string of the molecule is C[C@H](OC(=O)c1nn(-c2ccccc2)c2c1CCC2)C(=O)N1CC(=O)Nc2ccccc21. The number of fused-ring (bicyclic) bond motifs is 2. The van der Waals surface area contributed by atoms with Gasteiger partial charge in [-0.3, -0.25) is 14.5 Å². The van der Waals surface area contributed by atoms with Gasteiger partial charge in [0.2, 0.25) is 5.91 Å². The molecular formula is C24H22N4O4. The molecule has 0 fully saturated rings. The molecule has 2 amide bonds. The molecule has 3 aromatic rings. The molecule has 162 valence electrons. The van der Waals surface area contributed by atoms with Crippen LogP contribution in [0.2, 0.25) is 0 Å². The van der Waals surface area contributed by atoms with E-state index in [1.54, 1.807) is 28.9 Å². The zero-order valence-corrected chi connectivity index (χ0v) is 17.6. The highest BCUT2D eigenvalue weighted by atomic mass is 16.5. The summed E-state index contributed by atoms with van der Waals surface area (Å²) in [4.78, 5) is 39.5. The topological polar surface area (TPSA) is 93.5 Å². The van der Waals surface area contributed by atoms with E-state index in [1.807, 2.05) is 30.3 Å². The van der Waals surface area contributed by atoms with Crippen molar-refractivity contribution in [2.45, 2.75) is 32.3 Å². The van der Waals surface area contributed by atoms with Gasteiger partial charge in [0, 0.05) is 11.3 Å². The zero-order valence-electron chi connectivity index (χ0n) is 17.6. The molecule has 32 heavy (non-hydrogen) atoms. The molecule has 1 atom stereocenters. The van der Waals surface area contributed by atoms with Gasteiger partial charge in [0.05, 0.1) is 17.1 Å². The summed E-state index contributed by atoms with van der Waals surface area (Å²) in [6.45, 7) is 1.39. The number of hydrogen-bond donors (Lipinski definition) is 1. The lowest BCUT2D eigenvalue weighted by molar-refractivity contribution is -0.128. The molecule has 1 aliphatic carbocycles. The van der Waals surface area contributed by atoms with Gasteiger partial charge in [0.1, 0.15) is 6.54 Å². The number of para-hydroxylation sites is 3. The summed E-state index contributed by atoms with van der Waals surface area (Å²) in [5.74, 6) is -1.39. The average Bonchev–Trinajstić information content (AvgIpc) is 3.41. The highest BCUT2D eigenvalue weighted by Crippen LogP contribution is 2.31. The summed E-state index contributed by atoms with van der Waals surface area (Å²) in [5, 5.41) is 7.27. The number of nitrogens with one attached hydrogen (secondary N) is 1. The minimum atomic E-state index is -1.07. The predicted molar refractivity (Wildman–Crippen MR) is 118 cm³/mol. The van der Waals surface area contributed by atoms with Crippen LogP contribution in [0.25, 0.3) is 5.69 Å². The Labute approximate surface area is 184 Å². The van der Waals surface area contributed by atoms with Gasteiger partial charge in [-0.2, -0.15) is 5.10 Å². The van der Waals surface area contributed by atoms with Gasteiger partial charge in [0.15, 0.2) is 11.8 Å². The van der Waals surface area contributed by atoms with E-state index in [2.05, 4.69) is 10.4 Å². The van der Waals surface area contributed by atoms with Crippen LogP contribution in [-0.4, -0.2) is 40.2 Å². The highest BCUT2D eigenvalue weighted by Gasteiger charge is 2.34. The fraction of sp³-hybridized carbons (Fsp3) is 0.250. The second-order valence-corrected chi connectivity index (χ2v) is 7.91. The summed E-state index contributed by atoms with van der Waals surface area (Å²) in [5.41, 5.74) is 4.14. The first-order chi connectivity index (χ1) is 15.5. The van der Waals surface area contributed by atoms with E-state index in [1.165, 1.54) is 11.8 Å². The molecule has 0 spiro atoms. The molecular weight excluding hydrogens is 408 g/mol. The second kappa shape index (κ2) is 7.96. The third-order valence-corrected chi connectivity index (χ3v) is 5.79. The maximum Gasteiger partial charge on any atom is 0.359 e. The molecule has 1 N–H and O–H groups in total. The second-order valence-electron chi connectivity index (χ2n) is 7.91. The molecule has 8 heteroatoms. The van der Waals surface area contributed by atoms with Crippen molar-refractivity contribution in [3.8, 4) is 5.69 Å². The van der Waals surface area contributed by atoms with Crippen molar-refractivity contribution in [1.82, 2.24) is 9.78 Å². The molecule has 0 saturated heterocycles. The zero-order chi connectivity index (χ0) is 22.2. The number of carbonyl (C=O) groups is 3. The minimum absolute atomic E-state index is 0.129. The van der Waals surface area contributed by atoms with Crippen molar-refractivity contribution in [3.05, 3.63) is 71.5 Å². The van der Waals surface area contributed by atoms with Crippen molar-refractivity contribution < 1.29 is 19.1 Å². The molecule has 2 aromatic carbocycles. The molecule has 0 radical (unpaired) electrons. The van der Waals surface area contributed by atoms with Crippen LogP contribution in [0.4, 0.5) is 11.4 Å². The molecule has 0 bridgehead atoms. The largest absolute Gasteiger partial charge is 0.448 e. The number of amides is 2. The molecule has 1 aliphatic heterocycles. The lowest BCUT2D eigenvalue weighted by Crippen LogP contribution is -2.47. The average molecular weight is 430 g/mol. The van der Waals surface area contributed by atoms with Crippen LogP contribution < -0.4 is 10.2 Å². The standard InChI is InChI=1S/C24H22N4O4/c1-15(23(30)27-14-21(29)25-18-11-5-6-12-20(18)27)32-24(31)22-17-10-7-13-19(17)28(26-22)16-8-3-2-4-9-16/h2-6,8-9,11-12,15H,7,10,13-14H2,1H3,(H,25,29)/t15-/m0/s1. The summed E-state index contributed by atoms with van der Waals surface area (Å²) < 4.78 is 7.33. The molecule has 1 aromatic heterocycles. The number of aromatic nitrogens is 2. The van der Waals surface area contributed by atoms with Crippen LogP contribution in [0.3, 0.4) is 0 Å². The van der Waals surface area contributed by atoms with Crippen LogP contribution >= 0.6 is 0 Å². The number of ether oxygens (including phenoxy) is 1. The molecule has 2 aliphatic rings. The van der Waals surface area contributed by atoms with Gasteiger partial charge >= 0.3 is 5.97 Å². The predicted octanol–water partition coefficient (Wildman–Crippen LogP) is 2.89. The van der Waals surface area contributed by atoms with E-state index in [0.717, 1.165) is 36.2 Å². The number of nitrogens with zero attached hydrogens (tertiary/aromatic N) is 3. The Hall–Kier alpha value is -3.94. The molecule has 8 nitrogen and oxygen atoms in total. The number of carbonyl (C=O) groups excluding carboxylic acids is 3. The van der Waals surface area contributed by atoms with Crippen molar-refractivity contribution >= 4 is 29.2 Å². The Morgan fingerprint density at radius 1 is 1.06 bits per heavy atom. The number of esters is 1. The van der Waals surface area contributed by atoms with E-state index < -0.39 is 18.0 Å². The lowest BCUT2D eigenvalue weighted by atomic mass is 10.1. The summed E-state index contributed by atoms with van der Waals surface area (Å²) >= 11 is 0. The van der Waals surface area contributed by atoms with Gasteiger partial charge in [-0.1, -0.05) is 30.3 Å². The Kier molecular flexibility index (Phi) is 4.97. The number of anilines is 2. The van der Waals surface area contributed by atoms with Gasteiger partial charge in [-0.15, -0.1) is 0 Å². The third-order valence-electron chi connectivity index (χ3n) is 5.79. The van der Waals surface area contributed by atoms with E-state index in [0.29, 0.717) is 11.4 Å². The van der Waals surface area contributed by atoms with Gasteiger partial charge < -0.3 is 10.1 Å². The fourth-order valence-electron chi connectivity index (χ4n) is 4.30. The summed E-state index contributed by atoms with van der Waals surface area (Å²) in [6, 6.07) is 16.7. The van der Waals surface area contributed by atoms with Crippen molar-refractivity contribution in [2.24, 2.45) is 0 Å². The van der Waals surface area contributed by atoms with Gasteiger partial charge in [0.25, 0.3) is 5.91 Å². The molecule has 2 heterocycles. The Morgan fingerprint density at radius 3 is 2.62 bits per heavy atom. The molecule has 5 rings (SSSR count). The Balaban J connectivity index is 1.38. The number of benzene rings is 2. The minimum Gasteiger partial charge on any atom is -0.448 e. The highest BCUT2D eigenvalue weighted by molar-refractivity contribution is 6.11. The monoisotopic (exact) mass is 430 g/mol. The van der Waals surface area contributed by atoms with Crippen LogP contribution in [-0.2, 0) is 27.2 Å². The first-order valence-electron chi connectivity index (χ1n) is 10.6. The van der Waals surface area contributed by atoms with E-state index in [-0.39, 0.29) is 18.1 Å². The molecule has 0 unspecified atom stereocenters. The van der Waals surface area contributed by atoms with Crippen molar-refractivity contribution in [3.63, 3.8) is 0 Å². The maximum absolute atomic E-state index is 13.1. The smallest absolute Gasteiger partial charge is 0.359 e. The Bertz CT molecular complexity index is 1220. The fourth-order valence-corrected chi connectivity index (χ4v) is 4.30. The lowest BCUT2D eigenvalue weighted by Gasteiger charge is -2.30. The van der Waals surface area contributed by atoms with Gasteiger partial charge in [-0.05, 0) is 50.5 Å². The van der Waals surface area contributed by atoms with Crippen molar-refractivity contribution in [1.29, 1.82) is 0 Å². The third kappa shape index (κ3) is 3.43. The van der Waals surface area contributed by atoms with Crippen molar-refractivity contribution in [2.75, 3.05) is 16.8 Å².